The lowest BCUT2D eigenvalue weighted by Crippen LogP contribution is -2.25. The Bertz CT molecular complexity index is 1520. The van der Waals surface area contributed by atoms with Gasteiger partial charge in [-0.3, -0.25) is 4.98 Å². The lowest BCUT2D eigenvalue weighted by molar-refractivity contribution is 0.295. The molecule has 0 bridgehead atoms. The zero-order valence-electron chi connectivity index (χ0n) is 25.4. The van der Waals surface area contributed by atoms with E-state index in [0.717, 1.165) is 82.9 Å². The third-order valence-corrected chi connectivity index (χ3v) is 8.35. The van der Waals surface area contributed by atoms with Gasteiger partial charge in [0.25, 0.3) is 0 Å². The second-order valence-corrected chi connectivity index (χ2v) is 11.1. The first-order valence-electron chi connectivity index (χ1n) is 15.1. The summed E-state index contributed by atoms with van der Waals surface area (Å²) in [6, 6.07) is 23.9. The van der Waals surface area contributed by atoms with Crippen molar-refractivity contribution >= 4 is 46.0 Å². The van der Waals surface area contributed by atoms with Gasteiger partial charge in [0.1, 0.15) is 0 Å². The molecule has 1 atom stereocenters. The molecule has 0 aliphatic heterocycles. The highest BCUT2D eigenvalue weighted by atomic mass is 35.5. The summed E-state index contributed by atoms with van der Waals surface area (Å²) in [7, 11) is 0. The van der Waals surface area contributed by atoms with E-state index < -0.39 is 0 Å². The smallest absolute Gasteiger partial charge is 0.0737 e. The molecule has 4 aromatic rings. The van der Waals surface area contributed by atoms with Crippen LogP contribution in [0.4, 0.5) is 11.4 Å². The summed E-state index contributed by atoms with van der Waals surface area (Å²) in [4.78, 5) is 9.51. The molecule has 0 aliphatic rings. The summed E-state index contributed by atoms with van der Waals surface area (Å²) in [5, 5.41) is 7.64. The largest absolute Gasteiger partial charge is 0.382 e. The number of hydrogen-bond acceptors (Lipinski definition) is 4. The van der Waals surface area contributed by atoms with Crippen molar-refractivity contribution in [3.63, 3.8) is 0 Å². The van der Waals surface area contributed by atoms with E-state index in [0.29, 0.717) is 11.1 Å². The molecule has 1 aromatic heterocycles. The van der Waals surface area contributed by atoms with Gasteiger partial charge in [0, 0.05) is 47.7 Å². The molecule has 0 fully saturated rings. The first kappa shape index (κ1) is 30.6. The predicted octanol–water partition coefficient (Wildman–Crippen LogP) is 7.31. The van der Waals surface area contributed by atoms with Crippen LogP contribution in [0.3, 0.4) is 0 Å². The molecule has 216 valence electrons. The quantitative estimate of drug-likeness (QED) is 0.183. The average molecular weight is 569 g/mol. The van der Waals surface area contributed by atoms with Crippen molar-refractivity contribution in [2.24, 2.45) is 0 Å². The van der Waals surface area contributed by atoms with Gasteiger partial charge in [-0.25, -0.2) is 0 Å². The molecule has 0 spiro atoms. The highest BCUT2D eigenvalue weighted by Crippen LogP contribution is 2.34. The normalized spacial score (nSPS) is 12.1. The van der Waals surface area contributed by atoms with Gasteiger partial charge in [0.05, 0.1) is 10.5 Å². The maximum absolute atomic E-state index is 7.03. The van der Waals surface area contributed by atoms with Crippen molar-refractivity contribution in [1.29, 1.82) is 0 Å². The van der Waals surface area contributed by atoms with Gasteiger partial charge >= 0.3 is 0 Å². The fraction of sp³-hybridized carbons (Fsp3) is 0.361. The van der Waals surface area contributed by atoms with Gasteiger partial charge in [-0.05, 0) is 105 Å². The molecule has 41 heavy (non-hydrogen) atoms. The Morgan fingerprint density at radius 3 is 2.22 bits per heavy atom. The zero-order valence-corrected chi connectivity index (χ0v) is 26.1. The Hall–Kier alpha value is -3.34. The third-order valence-electron chi connectivity index (χ3n) is 8.03. The molecular weight excluding hydrogens is 524 g/mol. The van der Waals surface area contributed by atoms with Gasteiger partial charge in [0.2, 0.25) is 0 Å². The van der Waals surface area contributed by atoms with Crippen molar-refractivity contribution in [3.8, 4) is 0 Å². The number of anilines is 2. The van der Waals surface area contributed by atoms with E-state index in [1.165, 1.54) is 12.1 Å². The zero-order chi connectivity index (χ0) is 29.4. The van der Waals surface area contributed by atoms with Crippen LogP contribution < -0.4 is 20.7 Å². The van der Waals surface area contributed by atoms with Crippen LogP contribution in [-0.2, 0) is 0 Å². The minimum Gasteiger partial charge on any atom is -0.382 e. The topological polar surface area (TPSA) is 31.4 Å². The molecule has 0 saturated heterocycles. The Balaban J connectivity index is 1.76. The highest BCUT2D eigenvalue weighted by Gasteiger charge is 2.16. The second-order valence-electron chi connectivity index (χ2n) is 10.7. The molecule has 0 radical (unpaired) electrons. The molecular formula is C36H45ClN4. The Labute approximate surface area is 251 Å². The maximum Gasteiger partial charge on any atom is 0.0737 e. The summed E-state index contributed by atoms with van der Waals surface area (Å²) in [5.74, 6) is 0. The molecule has 4 nitrogen and oxygen atoms in total. The molecule has 0 amide bonds. The molecule has 1 N–H and O–H groups in total. The van der Waals surface area contributed by atoms with Crippen LogP contribution in [0.5, 0.6) is 0 Å². The van der Waals surface area contributed by atoms with E-state index in [1.54, 1.807) is 0 Å². The predicted molar refractivity (Wildman–Crippen MR) is 180 cm³/mol. The van der Waals surface area contributed by atoms with Crippen molar-refractivity contribution in [2.45, 2.75) is 53.5 Å². The van der Waals surface area contributed by atoms with Gasteiger partial charge < -0.3 is 15.1 Å². The standard InChI is InChI=1S/C36H45ClN4/c1-7-40(8-2)23-11-12-27(6)39-34-21-22-38-35-25-33(37)31(24-32(34)35)36(28-15-13-26(5)14-16-28)29-17-19-30(20-18-29)41(9-3)10-4/h13-22,24-25,27H,5,7-12,23H2,1-4,6H3,(H,38,39). The van der Waals surface area contributed by atoms with Crippen molar-refractivity contribution in [2.75, 3.05) is 42.9 Å². The van der Waals surface area contributed by atoms with Crippen molar-refractivity contribution < 1.29 is 0 Å². The summed E-state index contributed by atoms with van der Waals surface area (Å²) in [6.07, 6.45) is 4.14. The first-order valence-corrected chi connectivity index (χ1v) is 15.5. The van der Waals surface area contributed by atoms with Gasteiger partial charge in [-0.2, -0.15) is 0 Å². The van der Waals surface area contributed by atoms with Gasteiger partial charge in [-0.1, -0.05) is 68.4 Å². The second kappa shape index (κ2) is 14.5. The Kier molecular flexibility index (Phi) is 10.8. The fourth-order valence-electron chi connectivity index (χ4n) is 5.56. The minimum atomic E-state index is 0.343. The van der Waals surface area contributed by atoms with E-state index in [9.17, 15) is 0 Å². The van der Waals surface area contributed by atoms with Crippen LogP contribution in [-0.4, -0.2) is 48.6 Å². The molecule has 3 aromatic carbocycles. The van der Waals surface area contributed by atoms with Crippen LogP contribution in [0.15, 0.2) is 72.9 Å². The van der Waals surface area contributed by atoms with E-state index in [1.807, 2.05) is 12.3 Å². The number of nitrogens with zero attached hydrogens (tertiary/aromatic N) is 3. The molecule has 1 unspecified atom stereocenters. The number of aromatic nitrogens is 1. The van der Waals surface area contributed by atoms with Crippen LogP contribution in [0.1, 0.15) is 58.6 Å². The molecule has 0 aliphatic carbocycles. The molecule has 0 saturated carbocycles. The molecule has 4 rings (SSSR count). The first-order chi connectivity index (χ1) is 19.9. The lowest BCUT2D eigenvalue weighted by atomic mass is 9.93. The van der Waals surface area contributed by atoms with Crippen molar-refractivity contribution in [3.05, 3.63) is 99.5 Å². The van der Waals surface area contributed by atoms with Crippen LogP contribution in [0.2, 0.25) is 5.02 Å². The fourth-order valence-corrected chi connectivity index (χ4v) is 5.81. The number of benzene rings is 3. The van der Waals surface area contributed by atoms with E-state index in [4.69, 9.17) is 11.6 Å². The van der Waals surface area contributed by atoms with Crippen LogP contribution in [0, 0.1) is 0 Å². The average Bonchev–Trinajstić information content (AvgIpc) is 2.98. The lowest BCUT2D eigenvalue weighted by Gasteiger charge is -2.22. The van der Waals surface area contributed by atoms with E-state index in [-0.39, 0.29) is 0 Å². The molecule has 1 heterocycles. The minimum absolute atomic E-state index is 0.343. The summed E-state index contributed by atoms with van der Waals surface area (Å²) >= 11 is 7.03. The number of fused-ring (bicyclic) bond motifs is 1. The summed E-state index contributed by atoms with van der Waals surface area (Å²) < 4.78 is 0. The maximum atomic E-state index is 7.03. The Morgan fingerprint density at radius 2 is 1.59 bits per heavy atom. The summed E-state index contributed by atoms with van der Waals surface area (Å²) in [5.41, 5.74) is 6.43. The van der Waals surface area contributed by atoms with Gasteiger partial charge in [-0.15, -0.1) is 0 Å². The number of nitrogens with one attached hydrogen (secondary N) is 1. The van der Waals surface area contributed by atoms with E-state index >= 15 is 0 Å². The van der Waals surface area contributed by atoms with Crippen LogP contribution in [0.25, 0.3) is 23.1 Å². The number of hydrogen-bond donors (Lipinski definition) is 1. The highest BCUT2D eigenvalue weighted by molar-refractivity contribution is 6.33. The van der Waals surface area contributed by atoms with Crippen LogP contribution >= 0.6 is 11.6 Å². The Morgan fingerprint density at radius 1 is 0.902 bits per heavy atom. The summed E-state index contributed by atoms with van der Waals surface area (Å²) in [6.45, 7) is 20.5. The number of rotatable bonds is 13. The van der Waals surface area contributed by atoms with Crippen molar-refractivity contribution in [1.82, 2.24) is 9.88 Å². The SMILES string of the molecule is C=c1ccc(=C(c2ccc(N(CC)CC)cc2)c2cc3c(NC(C)CCCN(CC)CC)ccnc3cc2Cl)cc1. The monoisotopic (exact) mass is 568 g/mol. The molecule has 5 heteroatoms. The number of pyridine rings is 1. The third kappa shape index (κ3) is 7.49. The van der Waals surface area contributed by atoms with E-state index in [2.05, 4.69) is 122 Å². The van der Waals surface area contributed by atoms with Gasteiger partial charge in [0.15, 0.2) is 0 Å². The number of halogens is 1.